The summed E-state index contributed by atoms with van der Waals surface area (Å²) in [5.41, 5.74) is 5.26. The lowest BCUT2D eigenvalue weighted by molar-refractivity contribution is -0.0522. The molecule has 20 heavy (non-hydrogen) atoms. The van der Waals surface area contributed by atoms with Gasteiger partial charge in [-0.1, -0.05) is 0 Å². The third kappa shape index (κ3) is 5.16. The molecule has 10 heteroatoms. The number of ether oxygens (including phenoxy) is 1. The lowest BCUT2D eigenvalue weighted by atomic mass is 10.3. The van der Waals surface area contributed by atoms with Crippen molar-refractivity contribution in [3.63, 3.8) is 0 Å². The van der Waals surface area contributed by atoms with Crippen molar-refractivity contribution in [3.05, 3.63) is 24.0 Å². The van der Waals surface area contributed by atoms with Crippen molar-refractivity contribution in [1.82, 2.24) is 4.72 Å². The molecule has 0 aliphatic carbocycles. The van der Waals surface area contributed by atoms with Crippen molar-refractivity contribution in [2.75, 3.05) is 6.54 Å². The molecule has 1 aromatic carbocycles. The standard InChI is InChI=1S/C10H13F3N2O3S.ClH/c1-6(5-14)15-19(16,17)7-2-3-9(8(11)4-7)18-10(12)13;/h2-4,6,10,15H,5,14H2,1H3;1H/t6-;/m0./s1. The summed E-state index contributed by atoms with van der Waals surface area (Å²) in [5.74, 6) is -1.91. The van der Waals surface area contributed by atoms with E-state index in [4.69, 9.17) is 5.73 Å². The van der Waals surface area contributed by atoms with E-state index in [-0.39, 0.29) is 19.0 Å². The molecule has 0 saturated heterocycles. The number of halogens is 4. The molecule has 0 radical (unpaired) electrons. The molecule has 0 amide bonds. The van der Waals surface area contributed by atoms with Crippen LogP contribution < -0.4 is 15.2 Å². The molecule has 0 aliphatic rings. The highest BCUT2D eigenvalue weighted by atomic mass is 35.5. The summed E-state index contributed by atoms with van der Waals surface area (Å²) in [6.07, 6.45) is 0. The van der Waals surface area contributed by atoms with Crippen molar-refractivity contribution in [2.24, 2.45) is 5.73 Å². The number of benzene rings is 1. The zero-order valence-corrected chi connectivity index (χ0v) is 12.0. The Kier molecular flexibility index (Phi) is 7.28. The van der Waals surface area contributed by atoms with Gasteiger partial charge >= 0.3 is 6.61 Å². The third-order valence-corrected chi connectivity index (χ3v) is 3.73. The van der Waals surface area contributed by atoms with E-state index in [0.29, 0.717) is 6.07 Å². The second kappa shape index (κ2) is 7.67. The number of rotatable bonds is 6. The first-order valence-electron chi connectivity index (χ1n) is 5.23. The Balaban J connectivity index is 0.00000361. The molecule has 0 fully saturated rings. The molecule has 0 aliphatic heterocycles. The van der Waals surface area contributed by atoms with Crippen LogP contribution in [0.3, 0.4) is 0 Å². The summed E-state index contributed by atoms with van der Waals surface area (Å²) in [5, 5.41) is 0. The largest absolute Gasteiger partial charge is 0.432 e. The van der Waals surface area contributed by atoms with Crippen LogP contribution in [0.1, 0.15) is 6.92 Å². The summed E-state index contributed by atoms with van der Waals surface area (Å²) in [6, 6.07) is 1.85. The zero-order chi connectivity index (χ0) is 14.6. The number of sulfonamides is 1. The van der Waals surface area contributed by atoms with E-state index in [1.165, 1.54) is 6.92 Å². The van der Waals surface area contributed by atoms with Crippen molar-refractivity contribution < 1.29 is 26.3 Å². The topological polar surface area (TPSA) is 81.4 Å². The molecular formula is C10H14ClF3N2O3S. The van der Waals surface area contributed by atoms with Crippen LogP contribution in [0, 0.1) is 5.82 Å². The molecule has 0 spiro atoms. The van der Waals surface area contributed by atoms with Gasteiger partial charge < -0.3 is 10.5 Å². The average Bonchev–Trinajstić information content (AvgIpc) is 2.30. The number of hydrogen-bond acceptors (Lipinski definition) is 4. The maximum Gasteiger partial charge on any atom is 0.387 e. The first-order chi connectivity index (χ1) is 8.76. The number of nitrogens with two attached hydrogens (primary N) is 1. The van der Waals surface area contributed by atoms with Crippen molar-refractivity contribution >= 4 is 22.4 Å². The second-order valence-electron chi connectivity index (χ2n) is 3.73. The maximum atomic E-state index is 13.4. The monoisotopic (exact) mass is 334 g/mol. The quantitative estimate of drug-likeness (QED) is 0.825. The van der Waals surface area contributed by atoms with Crippen molar-refractivity contribution in [2.45, 2.75) is 24.5 Å². The van der Waals surface area contributed by atoms with Gasteiger partial charge in [0.2, 0.25) is 10.0 Å². The highest BCUT2D eigenvalue weighted by Crippen LogP contribution is 2.22. The van der Waals surface area contributed by atoms with Crippen LogP contribution in [-0.2, 0) is 10.0 Å². The van der Waals surface area contributed by atoms with Crippen LogP contribution in [0.2, 0.25) is 0 Å². The normalized spacial score (nSPS) is 12.9. The Labute approximate surface area is 120 Å². The molecular weight excluding hydrogens is 321 g/mol. The Morgan fingerprint density at radius 1 is 1.40 bits per heavy atom. The maximum absolute atomic E-state index is 13.4. The number of nitrogens with one attached hydrogen (secondary N) is 1. The summed E-state index contributed by atoms with van der Waals surface area (Å²) < 4.78 is 66.8. The Morgan fingerprint density at radius 2 is 2.00 bits per heavy atom. The van der Waals surface area contributed by atoms with Gasteiger partial charge in [0.15, 0.2) is 11.6 Å². The molecule has 0 unspecified atom stereocenters. The van der Waals surface area contributed by atoms with E-state index in [0.717, 1.165) is 12.1 Å². The lowest BCUT2D eigenvalue weighted by Gasteiger charge is -2.13. The minimum Gasteiger partial charge on any atom is -0.432 e. The third-order valence-electron chi connectivity index (χ3n) is 2.14. The fourth-order valence-corrected chi connectivity index (χ4v) is 2.49. The Bertz CT molecular complexity index is 543. The van der Waals surface area contributed by atoms with Gasteiger partial charge in [-0.15, -0.1) is 12.4 Å². The van der Waals surface area contributed by atoms with Gasteiger partial charge in [0, 0.05) is 12.6 Å². The van der Waals surface area contributed by atoms with E-state index in [1.54, 1.807) is 0 Å². The van der Waals surface area contributed by atoms with Gasteiger partial charge in [0.05, 0.1) is 4.90 Å². The van der Waals surface area contributed by atoms with Gasteiger partial charge in [-0.3, -0.25) is 0 Å². The van der Waals surface area contributed by atoms with Crippen molar-refractivity contribution in [3.8, 4) is 5.75 Å². The highest BCUT2D eigenvalue weighted by Gasteiger charge is 2.19. The first kappa shape index (κ1) is 19.0. The van der Waals surface area contributed by atoms with Crippen LogP contribution in [-0.4, -0.2) is 27.6 Å². The van der Waals surface area contributed by atoms with E-state index >= 15 is 0 Å². The summed E-state index contributed by atoms with van der Waals surface area (Å²) in [4.78, 5) is -0.396. The van der Waals surface area contributed by atoms with Crippen LogP contribution in [0.25, 0.3) is 0 Å². The zero-order valence-electron chi connectivity index (χ0n) is 10.3. The number of alkyl halides is 2. The number of hydrogen-bond donors (Lipinski definition) is 2. The van der Waals surface area contributed by atoms with E-state index in [1.807, 2.05) is 0 Å². The highest BCUT2D eigenvalue weighted by molar-refractivity contribution is 7.89. The van der Waals surface area contributed by atoms with E-state index in [2.05, 4.69) is 9.46 Å². The fraction of sp³-hybridized carbons (Fsp3) is 0.400. The van der Waals surface area contributed by atoms with E-state index < -0.39 is 39.1 Å². The average molecular weight is 335 g/mol. The molecule has 116 valence electrons. The van der Waals surface area contributed by atoms with Gasteiger partial charge in [-0.2, -0.15) is 8.78 Å². The lowest BCUT2D eigenvalue weighted by Crippen LogP contribution is -2.37. The molecule has 0 aromatic heterocycles. The molecule has 1 aromatic rings. The fourth-order valence-electron chi connectivity index (χ4n) is 1.22. The SMILES string of the molecule is C[C@@H](CN)NS(=O)(=O)c1ccc(OC(F)F)c(F)c1.Cl. The molecule has 0 heterocycles. The van der Waals surface area contributed by atoms with Gasteiger partial charge in [0.1, 0.15) is 0 Å². The molecule has 5 nitrogen and oxygen atoms in total. The molecule has 0 saturated carbocycles. The van der Waals surface area contributed by atoms with E-state index in [9.17, 15) is 21.6 Å². The Morgan fingerprint density at radius 3 is 2.45 bits per heavy atom. The summed E-state index contributed by atoms with van der Waals surface area (Å²) in [7, 11) is -3.95. The van der Waals surface area contributed by atoms with Crippen LogP contribution >= 0.6 is 12.4 Å². The van der Waals surface area contributed by atoms with Gasteiger partial charge in [-0.25, -0.2) is 17.5 Å². The minimum absolute atomic E-state index is 0. The summed E-state index contributed by atoms with van der Waals surface area (Å²) in [6.45, 7) is -1.59. The molecule has 1 atom stereocenters. The smallest absolute Gasteiger partial charge is 0.387 e. The van der Waals surface area contributed by atoms with Crippen LogP contribution in [0.15, 0.2) is 23.1 Å². The molecule has 1 rings (SSSR count). The van der Waals surface area contributed by atoms with Crippen molar-refractivity contribution in [1.29, 1.82) is 0 Å². The van der Waals surface area contributed by atoms with Crippen LogP contribution in [0.4, 0.5) is 13.2 Å². The van der Waals surface area contributed by atoms with Gasteiger partial charge in [-0.05, 0) is 25.1 Å². The predicted molar refractivity (Wildman–Crippen MR) is 69.1 cm³/mol. The Hall–Kier alpha value is -1.03. The molecule has 3 N–H and O–H groups in total. The molecule has 0 bridgehead atoms. The second-order valence-corrected chi connectivity index (χ2v) is 5.44. The van der Waals surface area contributed by atoms with Crippen LogP contribution in [0.5, 0.6) is 5.75 Å². The first-order valence-corrected chi connectivity index (χ1v) is 6.71. The minimum atomic E-state index is -3.95. The summed E-state index contributed by atoms with van der Waals surface area (Å²) >= 11 is 0. The van der Waals surface area contributed by atoms with Gasteiger partial charge in [0.25, 0.3) is 0 Å². The predicted octanol–water partition coefficient (Wildman–Crippen LogP) is 1.47.